The van der Waals surface area contributed by atoms with Gasteiger partial charge in [0.2, 0.25) is 0 Å². The van der Waals surface area contributed by atoms with E-state index in [1.165, 1.54) is 5.56 Å². The summed E-state index contributed by atoms with van der Waals surface area (Å²) < 4.78 is 5.47. The van der Waals surface area contributed by atoms with Gasteiger partial charge in [0, 0.05) is 17.4 Å². The minimum absolute atomic E-state index is 0.688. The van der Waals surface area contributed by atoms with Gasteiger partial charge in [0.25, 0.3) is 0 Å². The molecule has 0 aliphatic carbocycles. The number of para-hydroxylation sites is 1. The highest BCUT2D eigenvalue weighted by Crippen LogP contribution is 2.23. The molecule has 2 rings (SSSR count). The predicted molar refractivity (Wildman–Crippen MR) is 72.1 cm³/mol. The fraction of sp³-hybridized carbons (Fsp3) is 0.200. The zero-order valence-electron chi connectivity index (χ0n) is 10.2. The standard InChI is InChI=1S/C15H17NO/c1-3-17-14-9-6-8-13(11-14)16-15-10-5-4-7-12(15)2/h4-11,16H,3H2,1-2H3. The van der Waals surface area contributed by atoms with Crippen molar-refractivity contribution in [3.05, 3.63) is 54.1 Å². The summed E-state index contributed by atoms with van der Waals surface area (Å²) in [5.41, 5.74) is 3.40. The fourth-order valence-electron chi connectivity index (χ4n) is 1.70. The first kappa shape index (κ1) is 11.5. The molecule has 0 bridgehead atoms. The lowest BCUT2D eigenvalue weighted by Gasteiger charge is -2.10. The first-order valence-corrected chi connectivity index (χ1v) is 5.85. The lowest BCUT2D eigenvalue weighted by atomic mass is 10.2. The van der Waals surface area contributed by atoms with Crippen LogP contribution < -0.4 is 10.1 Å². The summed E-state index contributed by atoms with van der Waals surface area (Å²) in [6.45, 7) is 4.77. The number of benzene rings is 2. The Morgan fingerprint density at radius 1 is 1.06 bits per heavy atom. The second-order valence-electron chi connectivity index (χ2n) is 3.90. The van der Waals surface area contributed by atoms with Gasteiger partial charge in [0.05, 0.1) is 6.61 Å². The Kier molecular flexibility index (Phi) is 3.66. The molecule has 0 aromatic heterocycles. The van der Waals surface area contributed by atoms with Crippen molar-refractivity contribution < 1.29 is 4.74 Å². The number of rotatable bonds is 4. The lowest BCUT2D eigenvalue weighted by Crippen LogP contribution is -1.95. The molecule has 88 valence electrons. The number of ether oxygens (including phenoxy) is 1. The van der Waals surface area contributed by atoms with Crippen LogP contribution in [0.2, 0.25) is 0 Å². The summed E-state index contributed by atoms with van der Waals surface area (Å²) in [4.78, 5) is 0. The average Bonchev–Trinajstić information content (AvgIpc) is 2.33. The van der Waals surface area contributed by atoms with Gasteiger partial charge in [-0.2, -0.15) is 0 Å². The van der Waals surface area contributed by atoms with E-state index in [9.17, 15) is 0 Å². The minimum Gasteiger partial charge on any atom is -0.494 e. The molecule has 0 unspecified atom stereocenters. The number of hydrogen-bond acceptors (Lipinski definition) is 2. The van der Waals surface area contributed by atoms with Crippen LogP contribution in [0.1, 0.15) is 12.5 Å². The Labute approximate surface area is 102 Å². The number of anilines is 2. The first-order valence-electron chi connectivity index (χ1n) is 5.85. The molecule has 0 saturated heterocycles. The van der Waals surface area contributed by atoms with Crippen molar-refractivity contribution in [3.8, 4) is 5.75 Å². The number of nitrogens with one attached hydrogen (secondary N) is 1. The SMILES string of the molecule is CCOc1cccc(Nc2ccccc2C)c1. The van der Waals surface area contributed by atoms with Crippen molar-refractivity contribution in [2.24, 2.45) is 0 Å². The maximum atomic E-state index is 5.47. The van der Waals surface area contributed by atoms with Crippen molar-refractivity contribution in [2.45, 2.75) is 13.8 Å². The zero-order valence-corrected chi connectivity index (χ0v) is 10.2. The van der Waals surface area contributed by atoms with Crippen LogP contribution in [-0.2, 0) is 0 Å². The van der Waals surface area contributed by atoms with Crippen LogP contribution in [0.25, 0.3) is 0 Å². The van der Waals surface area contributed by atoms with Crippen LogP contribution in [0.4, 0.5) is 11.4 Å². The van der Waals surface area contributed by atoms with Gasteiger partial charge in [-0.15, -0.1) is 0 Å². The predicted octanol–water partition coefficient (Wildman–Crippen LogP) is 4.14. The van der Waals surface area contributed by atoms with Crippen LogP contribution >= 0.6 is 0 Å². The van der Waals surface area contributed by atoms with E-state index in [1.807, 2.05) is 43.3 Å². The highest BCUT2D eigenvalue weighted by molar-refractivity contribution is 5.63. The van der Waals surface area contributed by atoms with E-state index < -0.39 is 0 Å². The van der Waals surface area contributed by atoms with Crippen molar-refractivity contribution >= 4 is 11.4 Å². The second-order valence-corrected chi connectivity index (χ2v) is 3.90. The molecule has 0 heterocycles. The molecule has 0 atom stereocenters. The monoisotopic (exact) mass is 227 g/mol. The van der Waals surface area contributed by atoms with Gasteiger partial charge in [-0.1, -0.05) is 24.3 Å². The molecular weight excluding hydrogens is 210 g/mol. The Morgan fingerprint density at radius 2 is 1.88 bits per heavy atom. The smallest absolute Gasteiger partial charge is 0.121 e. The van der Waals surface area contributed by atoms with E-state index in [2.05, 4.69) is 24.4 Å². The number of hydrogen-bond donors (Lipinski definition) is 1. The van der Waals surface area contributed by atoms with Crippen molar-refractivity contribution in [1.82, 2.24) is 0 Å². The van der Waals surface area contributed by atoms with Gasteiger partial charge in [0.15, 0.2) is 0 Å². The molecule has 0 spiro atoms. The van der Waals surface area contributed by atoms with E-state index in [0.717, 1.165) is 17.1 Å². The molecular formula is C15H17NO. The van der Waals surface area contributed by atoms with E-state index in [0.29, 0.717) is 6.61 Å². The molecule has 0 saturated carbocycles. The molecule has 2 aromatic rings. The third kappa shape index (κ3) is 3.00. The summed E-state index contributed by atoms with van der Waals surface area (Å²) in [6.07, 6.45) is 0. The second kappa shape index (κ2) is 5.39. The average molecular weight is 227 g/mol. The van der Waals surface area contributed by atoms with Crippen molar-refractivity contribution in [3.63, 3.8) is 0 Å². The summed E-state index contributed by atoms with van der Waals surface area (Å²) in [5.74, 6) is 0.895. The van der Waals surface area contributed by atoms with Crippen molar-refractivity contribution in [1.29, 1.82) is 0 Å². The van der Waals surface area contributed by atoms with Crippen LogP contribution in [-0.4, -0.2) is 6.61 Å². The van der Waals surface area contributed by atoms with E-state index in [1.54, 1.807) is 0 Å². The molecule has 0 radical (unpaired) electrons. The highest BCUT2D eigenvalue weighted by Gasteiger charge is 1.99. The highest BCUT2D eigenvalue weighted by atomic mass is 16.5. The molecule has 17 heavy (non-hydrogen) atoms. The molecule has 1 N–H and O–H groups in total. The third-order valence-corrected chi connectivity index (χ3v) is 2.57. The third-order valence-electron chi connectivity index (χ3n) is 2.57. The van der Waals surface area contributed by atoms with Gasteiger partial charge in [-0.05, 0) is 37.6 Å². The number of aryl methyl sites for hydroxylation is 1. The quantitative estimate of drug-likeness (QED) is 0.847. The normalized spacial score (nSPS) is 10.0. The largest absolute Gasteiger partial charge is 0.494 e. The van der Waals surface area contributed by atoms with Crippen LogP contribution in [0.3, 0.4) is 0 Å². The maximum absolute atomic E-state index is 5.47. The Balaban J connectivity index is 2.18. The lowest BCUT2D eigenvalue weighted by molar-refractivity contribution is 0.340. The van der Waals surface area contributed by atoms with Gasteiger partial charge in [-0.3, -0.25) is 0 Å². The summed E-state index contributed by atoms with van der Waals surface area (Å²) in [7, 11) is 0. The Bertz CT molecular complexity index is 494. The summed E-state index contributed by atoms with van der Waals surface area (Å²) >= 11 is 0. The molecule has 0 fully saturated rings. The molecule has 2 nitrogen and oxygen atoms in total. The molecule has 2 aromatic carbocycles. The summed E-state index contributed by atoms with van der Waals surface area (Å²) in [6, 6.07) is 16.2. The first-order chi connectivity index (χ1) is 8.29. The fourth-order valence-corrected chi connectivity index (χ4v) is 1.70. The van der Waals surface area contributed by atoms with E-state index in [4.69, 9.17) is 4.74 Å². The minimum atomic E-state index is 0.688. The van der Waals surface area contributed by atoms with Gasteiger partial charge in [0.1, 0.15) is 5.75 Å². The van der Waals surface area contributed by atoms with Crippen LogP contribution in [0.15, 0.2) is 48.5 Å². The van der Waals surface area contributed by atoms with Crippen molar-refractivity contribution in [2.75, 3.05) is 11.9 Å². The van der Waals surface area contributed by atoms with E-state index in [-0.39, 0.29) is 0 Å². The topological polar surface area (TPSA) is 21.3 Å². The van der Waals surface area contributed by atoms with Gasteiger partial charge in [-0.25, -0.2) is 0 Å². The maximum Gasteiger partial charge on any atom is 0.121 e. The van der Waals surface area contributed by atoms with E-state index >= 15 is 0 Å². The Hall–Kier alpha value is -1.96. The summed E-state index contributed by atoms with van der Waals surface area (Å²) in [5, 5.41) is 3.39. The molecule has 0 aliphatic heterocycles. The Morgan fingerprint density at radius 3 is 2.65 bits per heavy atom. The molecule has 2 heteroatoms. The zero-order chi connectivity index (χ0) is 12.1. The molecule has 0 aliphatic rings. The van der Waals surface area contributed by atoms with Gasteiger partial charge >= 0.3 is 0 Å². The molecule has 0 amide bonds. The van der Waals surface area contributed by atoms with Crippen LogP contribution in [0, 0.1) is 6.92 Å². The van der Waals surface area contributed by atoms with Crippen LogP contribution in [0.5, 0.6) is 5.75 Å². The van der Waals surface area contributed by atoms with Gasteiger partial charge < -0.3 is 10.1 Å².